The molecule has 1 N–H and O–H groups in total. The number of aliphatic hydroxyl groups is 1. The average Bonchev–Trinajstić information content (AvgIpc) is 2.46. The lowest BCUT2D eigenvalue weighted by Gasteiger charge is -2.13. The van der Waals surface area contributed by atoms with Crippen LogP contribution in [0.5, 0.6) is 5.75 Å². The summed E-state index contributed by atoms with van der Waals surface area (Å²) < 4.78 is 18.8. The van der Waals surface area contributed by atoms with Crippen LogP contribution in [0.1, 0.15) is 29.7 Å². The van der Waals surface area contributed by atoms with E-state index in [1.807, 2.05) is 12.1 Å². The predicted octanol–water partition coefficient (Wildman–Crippen LogP) is 3.33. The minimum atomic E-state index is -0.630. The number of nitrogens with zero attached hydrogens (tertiary/aromatic N) is 1. The molecule has 0 heterocycles. The van der Waals surface area contributed by atoms with Gasteiger partial charge in [0.05, 0.1) is 11.7 Å². The number of halogens is 1. The number of hydrogen-bond donors (Lipinski definition) is 1. The largest absolute Gasteiger partial charge is 0.489 e. The summed E-state index contributed by atoms with van der Waals surface area (Å²) in [5.74, 6) is 0.0333. The maximum Gasteiger partial charge on any atom is 0.140 e. The third-order valence-corrected chi connectivity index (χ3v) is 2.91. The minimum Gasteiger partial charge on any atom is -0.489 e. The van der Waals surface area contributed by atoms with Crippen LogP contribution in [-0.2, 0) is 6.61 Å². The van der Waals surface area contributed by atoms with Crippen molar-refractivity contribution >= 4 is 0 Å². The number of aliphatic hydroxyl groups excluding tert-OH is 1. The predicted molar refractivity (Wildman–Crippen MR) is 72.5 cm³/mol. The summed E-state index contributed by atoms with van der Waals surface area (Å²) in [6.45, 7) is 1.87. The first kappa shape index (κ1) is 14.0. The number of para-hydroxylation sites is 1. The standard InChI is InChI=1S/C16H14FNO2/c1-11(19)14-4-2-3-5-16(14)20-10-12-6-7-15(17)13(8-12)9-18/h2-8,11,19H,10H2,1H3. The first-order valence-corrected chi connectivity index (χ1v) is 6.20. The molecule has 1 atom stereocenters. The van der Waals surface area contributed by atoms with Crippen molar-refractivity contribution in [2.45, 2.75) is 19.6 Å². The summed E-state index contributed by atoms with van der Waals surface area (Å²) in [5, 5.41) is 18.4. The Hall–Kier alpha value is -2.38. The second-order valence-corrected chi connectivity index (χ2v) is 4.43. The van der Waals surface area contributed by atoms with E-state index in [0.717, 1.165) is 0 Å². The molecule has 2 aromatic rings. The molecule has 3 nitrogen and oxygen atoms in total. The van der Waals surface area contributed by atoms with Crippen LogP contribution < -0.4 is 4.74 Å². The van der Waals surface area contributed by atoms with Crippen molar-refractivity contribution in [3.8, 4) is 11.8 Å². The second-order valence-electron chi connectivity index (χ2n) is 4.43. The van der Waals surface area contributed by atoms with Gasteiger partial charge in [0, 0.05) is 5.56 Å². The Kier molecular flexibility index (Phi) is 4.34. The van der Waals surface area contributed by atoms with Crippen molar-refractivity contribution in [1.82, 2.24) is 0 Å². The normalized spacial score (nSPS) is 11.7. The smallest absolute Gasteiger partial charge is 0.140 e. The van der Waals surface area contributed by atoms with Gasteiger partial charge < -0.3 is 9.84 Å². The first-order chi connectivity index (χ1) is 9.61. The molecule has 0 aromatic heterocycles. The van der Waals surface area contributed by atoms with Gasteiger partial charge in [-0.15, -0.1) is 0 Å². The molecule has 4 heteroatoms. The van der Waals surface area contributed by atoms with E-state index in [4.69, 9.17) is 10.00 Å². The van der Waals surface area contributed by atoms with Gasteiger partial charge in [0.1, 0.15) is 24.2 Å². The van der Waals surface area contributed by atoms with Gasteiger partial charge in [0.2, 0.25) is 0 Å². The molecule has 0 saturated heterocycles. The molecule has 0 radical (unpaired) electrons. The Morgan fingerprint density at radius 3 is 2.75 bits per heavy atom. The molecule has 1 unspecified atom stereocenters. The van der Waals surface area contributed by atoms with Crippen LogP contribution in [0.4, 0.5) is 4.39 Å². The van der Waals surface area contributed by atoms with Gasteiger partial charge in [-0.2, -0.15) is 5.26 Å². The monoisotopic (exact) mass is 271 g/mol. The molecule has 102 valence electrons. The van der Waals surface area contributed by atoms with Crippen molar-refractivity contribution < 1.29 is 14.2 Å². The number of ether oxygens (including phenoxy) is 1. The summed E-state index contributed by atoms with van der Waals surface area (Å²) in [7, 11) is 0. The van der Waals surface area contributed by atoms with E-state index in [1.54, 1.807) is 31.2 Å². The molecule has 0 saturated carbocycles. The van der Waals surface area contributed by atoms with Gasteiger partial charge in [0.15, 0.2) is 0 Å². The van der Waals surface area contributed by atoms with E-state index < -0.39 is 11.9 Å². The van der Waals surface area contributed by atoms with Gasteiger partial charge in [-0.3, -0.25) is 0 Å². The zero-order valence-corrected chi connectivity index (χ0v) is 11.0. The molecule has 2 rings (SSSR count). The van der Waals surface area contributed by atoms with E-state index in [-0.39, 0.29) is 12.2 Å². The molecular formula is C16H14FNO2. The van der Waals surface area contributed by atoms with Crippen LogP contribution in [0.3, 0.4) is 0 Å². The van der Waals surface area contributed by atoms with Crippen LogP contribution in [-0.4, -0.2) is 5.11 Å². The highest BCUT2D eigenvalue weighted by molar-refractivity contribution is 5.36. The third-order valence-electron chi connectivity index (χ3n) is 2.91. The highest BCUT2D eigenvalue weighted by Gasteiger charge is 2.09. The number of benzene rings is 2. The van der Waals surface area contributed by atoms with E-state index in [0.29, 0.717) is 16.9 Å². The number of nitriles is 1. The quantitative estimate of drug-likeness (QED) is 0.928. The van der Waals surface area contributed by atoms with E-state index in [9.17, 15) is 9.50 Å². The molecule has 0 spiro atoms. The second kappa shape index (κ2) is 6.18. The lowest BCUT2D eigenvalue weighted by Crippen LogP contribution is -2.01. The third kappa shape index (κ3) is 3.14. The van der Waals surface area contributed by atoms with Crippen LogP contribution in [0.2, 0.25) is 0 Å². The highest BCUT2D eigenvalue weighted by Crippen LogP contribution is 2.25. The summed E-state index contributed by atoms with van der Waals surface area (Å²) in [6.07, 6.45) is -0.630. The van der Waals surface area contributed by atoms with E-state index in [1.165, 1.54) is 12.1 Å². The summed E-state index contributed by atoms with van der Waals surface area (Å²) in [6, 6.07) is 13.2. The van der Waals surface area contributed by atoms with Gasteiger partial charge in [-0.1, -0.05) is 24.3 Å². The molecule has 0 aliphatic rings. The first-order valence-electron chi connectivity index (χ1n) is 6.20. The van der Waals surface area contributed by atoms with E-state index >= 15 is 0 Å². The molecule has 0 bridgehead atoms. The van der Waals surface area contributed by atoms with Gasteiger partial charge in [-0.25, -0.2) is 4.39 Å². The SMILES string of the molecule is CC(O)c1ccccc1OCc1ccc(F)c(C#N)c1. The van der Waals surface area contributed by atoms with Crippen molar-refractivity contribution in [1.29, 1.82) is 5.26 Å². The van der Waals surface area contributed by atoms with Gasteiger partial charge >= 0.3 is 0 Å². The zero-order valence-electron chi connectivity index (χ0n) is 11.0. The van der Waals surface area contributed by atoms with Crippen molar-refractivity contribution in [3.05, 3.63) is 65.0 Å². The van der Waals surface area contributed by atoms with E-state index in [2.05, 4.69) is 0 Å². The fourth-order valence-corrected chi connectivity index (χ4v) is 1.87. The topological polar surface area (TPSA) is 53.2 Å². The fraction of sp³-hybridized carbons (Fsp3) is 0.188. The summed E-state index contributed by atoms with van der Waals surface area (Å²) >= 11 is 0. The van der Waals surface area contributed by atoms with Gasteiger partial charge in [0.25, 0.3) is 0 Å². The lowest BCUT2D eigenvalue weighted by molar-refractivity contribution is 0.190. The van der Waals surface area contributed by atoms with Crippen molar-refractivity contribution in [2.24, 2.45) is 0 Å². The molecule has 0 aliphatic carbocycles. The Morgan fingerprint density at radius 1 is 1.30 bits per heavy atom. The van der Waals surface area contributed by atoms with Crippen LogP contribution in [0, 0.1) is 17.1 Å². The molecule has 20 heavy (non-hydrogen) atoms. The average molecular weight is 271 g/mol. The zero-order chi connectivity index (χ0) is 14.5. The van der Waals surface area contributed by atoms with Gasteiger partial charge in [-0.05, 0) is 30.7 Å². The van der Waals surface area contributed by atoms with Crippen LogP contribution in [0.25, 0.3) is 0 Å². The molecular weight excluding hydrogens is 257 g/mol. The molecule has 0 aliphatic heterocycles. The Labute approximate surface area is 116 Å². The highest BCUT2D eigenvalue weighted by atomic mass is 19.1. The summed E-state index contributed by atoms with van der Waals surface area (Å²) in [5.41, 5.74) is 1.38. The molecule has 0 fully saturated rings. The number of rotatable bonds is 4. The van der Waals surface area contributed by atoms with Crippen molar-refractivity contribution in [3.63, 3.8) is 0 Å². The van der Waals surface area contributed by atoms with Crippen molar-refractivity contribution in [2.75, 3.05) is 0 Å². The Bertz CT molecular complexity index is 647. The maximum atomic E-state index is 13.2. The fourth-order valence-electron chi connectivity index (χ4n) is 1.87. The Balaban J connectivity index is 2.15. The lowest BCUT2D eigenvalue weighted by atomic mass is 10.1. The van der Waals surface area contributed by atoms with Crippen LogP contribution in [0.15, 0.2) is 42.5 Å². The number of hydrogen-bond acceptors (Lipinski definition) is 3. The minimum absolute atomic E-state index is 0.00471. The maximum absolute atomic E-state index is 13.2. The Morgan fingerprint density at radius 2 is 2.05 bits per heavy atom. The van der Waals surface area contributed by atoms with Crippen LogP contribution >= 0.6 is 0 Å². The molecule has 0 amide bonds. The summed E-state index contributed by atoms with van der Waals surface area (Å²) in [4.78, 5) is 0. The molecule has 2 aromatic carbocycles.